The van der Waals surface area contributed by atoms with Gasteiger partial charge in [0.2, 0.25) is 0 Å². The van der Waals surface area contributed by atoms with E-state index in [1.54, 1.807) is 43.5 Å². The molecule has 0 aliphatic heterocycles. The second-order valence-corrected chi connectivity index (χ2v) is 5.44. The maximum atomic E-state index is 12.3. The van der Waals surface area contributed by atoms with E-state index in [2.05, 4.69) is 10.3 Å². The van der Waals surface area contributed by atoms with Crippen LogP contribution in [0.25, 0.3) is 0 Å². The molecule has 0 aliphatic rings. The fourth-order valence-electron chi connectivity index (χ4n) is 2.13. The third kappa shape index (κ3) is 6.61. The second kappa shape index (κ2) is 9.02. The molecule has 9 heteroatoms. The predicted octanol–water partition coefficient (Wildman–Crippen LogP) is 3.57. The summed E-state index contributed by atoms with van der Waals surface area (Å²) in [4.78, 5) is 4.20. The van der Waals surface area contributed by atoms with Gasteiger partial charge in [0.05, 0.1) is 20.8 Å². The number of nitrogens with zero attached hydrogens (tertiary/aromatic N) is 1. The Balaban J connectivity index is 1.99. The average molecular weight is 383 g/mol. The lowest BCUT2D eigenvalue weighted by molar-refractivity contribution is -0.153. The summed E-state index contributed by atoms with van der Waals surface area (Å²) in [5.41, 5.74) is 7.29. The van der Waals surface area contributed by atoms with Gasteiger partial charge in [-0.3, -0.25) is 0 Å². The van der Waals surface area contributed by atoms with Crippen LogP contribution in [0.3, 0.4) is 0 Å². The molecule has 0 aliphatic carbocycles. The topological polar surface area (TPSA) is 78.1 Å². The average Bonchev–Trinajstić information content (AvgIpc) is 2.65. The molecule has 0 spiro atoms. The van der Waals surface area contributed by atoms with Crippen molar-refractivity contribution >= 4 is 11.6 Å². The van der Waals surface area contributed by atoms with Crippen molar-refractivity contribution in [2.24, 2.45) is 10.7 Å². The van der Waals surface area contributed by atoms with Crippen LogP contribution in [0.15, 0.2) is 47.5 Å². The molecule has 2 aromatic rings. The number of guanidine groups is 1. The maximum Gasteiger partial charge on any atom is 0.422 e. The van der Waals surface area contributed by atoms with Gasteiger partial charge in [-0.05, 0) is 42.0 Å². The zero-order valence-electron chi connectivity index (χ0n) is 14.8. The smallest absolute Gasteiger partial charge is 0.422 e. The summed E-state index contributed by atoms with van der Waals surface area (Å²) in [6, 6.07) is 11.7. The fraction of sp³-hybridized carbons (Fsp3) is 0.278. The molecule has 146 valence electrons. The van der Waals surface area contributed by atoms with E-state index < -0.39 is 12.8 Å². The van der Waals surface area contributed by atoms with Gasteiger partial charge in [-0.2, -0.15) is 13.2 Å². The first-order chi connectivity index (χ1) is 12.8. The van der Waals surface area contributed by atoms with E-state index in [0.29, 0.717) is 5.56 Å². The van der Waals surface area contributed by atoms with Crippen molar-refractivity contribution in [3.05, 3.63) is 48.0 Å². The zero-order chi connectivity index (χ0) is 19.9. The van der Waals surface area contributed by atoms with Crippen molar-refractivity contribution in [2.45, 2.75) is 12.7 Å². The molecule has 0 heterocycles. The van der Waals surface area contributed by atoms with Gasteiger partial charge in [0.15, 0.2) is 24.1 Å². The lowest BCUT2D eigenvalue weighted by Gasteiger charge is -2.13. The lowest BCUT2D eigenvalue weighted by Crippen LogP contribution is -2.22. The Hall–Kier alpha value is -3.10. The van der Waals surface area contributed by atoms with Gasteiger partial charge in [0.1, 0.15) is 5.75 Å². The summed E-state index contributed by atoms with van der Waals surface area (Å²) in [7, 11) is 2.92. The van der Waals surface area contributed by atoms with Crippen LogP contribution < -0.4 is 25.3 Å². The van der Waals surface area contributed by atoms with E-state index in [1.807, 2.05) is 0 Å². The number of aliphatic imine (C=N–C) groups is 1. The minimum absolute atomic E-state index is 0.00637. The van der Waals surface area contributed by atoms with E-state index in [0.717, 1.165) is 11.4 Å². The number of hydrogen-bond acceptors (Lipinski definition) is 4. The Bertz CT molecular complexity index is 778. The Morgan fingerprint density at radius 1 is 1.04 bits per heavy atom. The highest BCUT2D eigenvalue weighted by Gasteiger charge is 2.29. The molecule has 0 atom stereocenters. The summed E-state index contributed by atoms with van der Waals surface area (Å²) in [5.74, 6) is 1.10. The first kappa shape index (κ1) is 20.2. The normalized spacial score (nSPS) is 11.8. The summed E-state index contributed by atoms with van der Waals surface area (Å²) in [6.07, 6.45) is -4.42. The summed E-state index contributed by atoms with van der Waals surface area (Å²) >= 11 is 0. The minimum Gasteiger partial charge on any atom is -0.497 e. The molecular weight excluding hydrogens is 363 g/mol. The summed E-state index contributed by atoms with van der Waals surface area (Å²) in [6.45, 7) is -1.18. The Morgan fingerprint density at radius 3 is 2.33 bits per heavy atom. The number of alkyl halides is 3. The molecule has 2 aromatic carbocycles. The van der Waals surface area contributed by atoms with Crippen LogP contribution in [0.4, 0.5) is 18.9 Å². The molecule has 0 saturated carbocycles. The van der Waals surface area contributed by atoms with Gasteiger partial charge in [-0.25, -0.2) is 4.99 Å². The molecule has 6 nitrogen and oxygen atoms in total. The number of anilines is 1. The molecule has 0 amide bonds. The third-order valence-electron chi connectivity index (χ3n) is 3.41. The van der Waals surface area contributed by atoms with E-state index >= 15 is 0 Å². The first-order valence-corrected chi connectivity index (χ1v) is 7.88. The summed E-state index contributed by atoms with van der Waals surface area (Å²) in [5, 5.41) is 2.93. The number of ether oxygens (including phenoxy) is 3. The van der Waals surface area contributed by atoms with E-state index in [1.165, 1.54) is 13.2 Å². The van der Waals surface area contributed by atoms with Gasteiger partial charge >= 0.3 is 6.18 Å². The third-order valence-corrected chi connectivity index (χ3v) is 3.41. The molecule has 0 saturated heterocycles. The molecular formula is C18H20F3N3O3. The molecule has 0 fully saturated rings. The summed E-state index contributed by atoms with van der Waals surface area (Å²) < 4.78 is 51.7. The van der Waals surface area contributed by atoms with Crippen molar-refractivity contribution in [1.82, 2.24) is 0 Å². The fourth-order valence-corrected chi connectivity index (χ4v) is 2.13. The van der Waals surface area contributed by atoms with Gasteiger partial charge in [0, 0.05) is 5.69 Å². The number of nitrogens with one attached hydrogen (secondary N) is 1. The number of halogens is 3. The van der Waals surface area contributed by atoms with E-state index in [-0.39, 0.29) is 24.0 Å². The minimum atomic E-state index is -4.42. The number of rotatable bonds is 7. The highest BCUT2D eigenvalue weighted by Crippen LogP contribution is 2.30. The van der Waals surface area contributed by atoms with Crippen LogP contribution in [0, 0.1) is 0 Å². The number of nitrogens with two attached hydrogens (primary N) is 1. The molecule has 3 N–H and O–H groups in total. The van der Waals surface area contributed by atoms with Crippen molar-refractivity contribution in [3.63, 3.8) is 0 Å². The molecule has 0 bridgehead atoms. The largest absolute Gasteiger partial charge is 0.497 e. The van der Waals surface area contributed by atoms with Gasteiger partial charge in [-0.1, -0.05) is 6.07 Å². The van der Waals surface area contributed by atoms with Crippen LogP contribution >= 0.6 is 0 Å². The molecule has 0 aromatic heterocycles. The van der Waals surface area contributed by atoms with Crippen LogP contribution in [-0.4, -0.2) is 33.0 Å². The lowest BCUT2D eigenvalue weighted by atomic mass is 10.2. The standard InChI is InChI=1S/C18H20F3N3O3/c1-25-14-6-4-13(5-7-14)24-17(22)23-10-12-3-8-15(16(9-12)26-2)27-11-18(19,20)21/h3-9H,10-11H2,1-2H3,(H3,22,23,24). The molecule has 27 heavy (non-hydrogen) atoms. The Labute approximate surface area is 154 Å². The SMILES string of the molecule is COc1ccc(NC(N)=NCc2ccc(OCC(F)(F)F)c(OC)c2)cc1. The van der Waals surface area contributed by atoms with Crippen LogP contribution in [0.2, 0.25) is 0 Å². The number of benzene rings is 2. The predicted molar refractivity (Wildman–Crippen MR) is 96.5 cm³/mol. The zero-order valence-corrected chi connectivity index (χ0v) is 14.8. The van der Waals surface area contributed by atoms with Crippen molar-refractivity contribution in [1.29, 1.82) is 0 Å². The van der Waals surface area contributed by atoms with Gasteiger partial charge in [-0.15, -0.1) is 0 Å². The van der Waals surface area contributed by atoms with E-state index in [4.69, 9.17) is 19.9 Å². The van der Waals surface area contributed by atoms with Crippen LogP contribution in [-0.2, 0) is 6.54 Å². The highest BCUT2D eigenvalue weighted by atomic mass is 19.4. The highest BCUT2D eigenvalue weighted by molar-refractivity contribution is 5.92. The van der Waals surface area contributed by atoms with Gasteiger partial charge in [0.25, 0.3) is 0 Å². The number of methoxy groups -OCH3 is 2. The molecule has 0 unspecified atom stereocenters. The van der Waals surface area contributed by atoms with Crippen molar-refractivity contribution < 1.29 is 27.4 Å². The molecule has 2 rings (SSSR count). The van der Waals surface area contributed by atoms with E-state index in [9.17, 15) is 13.2 Å². The second-order valence-electron chi connectivity index (χ2n) is 5.44. The first-order valence-electron chi connectivity index (χ1n) is 7.88. The van der Waals surface area contributed by atoms with Crippen molar-refractivity contribution in [3.8, 4) is 17.2 Å². The maximum absolute atomic E-state index is 12.3. The Morgan fingerprint density at radius 2 is 1.74 bits per heavy atom. The van der Waals surface area contributed by atoms with Crippen LogP contribution in [0.5, 0.6) is 17.2 Å². The Kier molecular flexibility index (Phi) is 6.75. The van der Waals surface area contributed by atoms with Crippen LogP contribution in [0.1, 0.15) is 5.56 Å². The quantitative estimate of drug-likeness (QED) is 0.565. The number of hydrogen-bond donors (Lipinski definition) is 2. The molecule has 0 radical (unpaired) electrons. The van der Waals surface area contributed by atoms with Gasteiger partial charge < -0.3 is 25.3 Å². The van der Waals surface area contributed by atoms with Crippen molar-refractivity contribution in [2.75, 3.05) is 26.1 Å². The monoisotopic (exact) mass is 383 g/mol.